The summed E-state index contributed by atoms with van der Waals surface area (Å²) in [6.07, 6.45) is 1.78. The Hall–Kier alpha value is -3.13. The highest BCUT2D eigenvalue weighted by molar-refractivity contribution is 9.10. The molecule has 0 aliphatic heterocycles. The number of aryl methyl sites for hydroxylation is 1. The topological polar surface area (TPSA) is 85.3 Å². The van der Waals surface area contributed by atoms with Gasteiger partial charge in [0.25, 0.3) is 5.91 Å². The Balaban J connectivity index is 1.72. The number of alkyl carbamates (subject to hydrolysis) is 1. The second-order valence-corrected chi connectivity index (χ2v) is 9.63. The highest BCUT2D eigenvalue weighted by atomic mass is 79.9. The van der Waals surface area contributed by atoms with E-state index in [0.717, 1.165) is 21.3 Å². The summed E-state index contributed by atoms with van der Waals surface area (Å²) < 4.78 is 7.90. The monoisotopic (exact) mass is 512 g/mol. The van der Waals surface area contributed by atoms with Crippen molar-refractivity contribution in [3.05, 3.63) is 76.4 Å². The number of nitrogens with one attached hydrogen (secondary N) is 2. The van der Waals surface area contributed by atoms with Crippen LogP contribution in [0, 0.1) is 0 Å². The Morgan fingerprint density at radius 3 is 2.45 bits per heavy atom. The van der Waals surface area contributed by atoms with E-state index in [1.165, 1.54) is 0 Å². The summed E-state index contributed by atoms with van der Waals surface area (Å²) in [6, 6.07) is 16.9. The zero-order valence-corrected chi connectivity index (χ0v) is 20.8. The third-order valence-corrected chi connectivity index (χ3v) is 5.54. The molecule has 2 aromatic carbocycles. The van der Waals surface area contributed by atoms with E-state index >= 15 is 0 Å². The van der Waals surface area contributed by atoms with Gasteiger partial charge in [-0.15, -0.1) is 0 Å². The maximum absolute atomic E-state index is 13.0. The Morgan fingerprint density at radius 2 is 1.85 bits per heavy atom. The Bertz CT molecular complexity index is 1110. The van der Waals surface area contributed by atoms with Crippen LogP contribution < -0.4 is 10.6 Å². The van der Waals surface area contributed by atoms with E-state index in [1.807, 2.05) is 70.3 Å². The number of aromatic nitrogens is 2. The summed E-state index contributed by atoms with van der Waals surface area (Å²) >= 11 is 3.57. The lowest BCUT2D eigenvalue weighted by Gasteiger charge is -2.23. The van der Waals surface area contributed by atoms with Gasteiger partial charge in [-0.2, -0.15) is 5.10 Å². The van der Waals surface area contributed by atoms with Gasteiger partial charge in [0.2, 0.25) is 0 Å². The van der Waals surface area contributed by atoms with Crippen LogP contribution in [0.5, 0.6) is 0 Å². The Morgan fingerprint density at radius 1 is 1.12 bits per heavy atom. The summed E-state index contributed by atoms with van der Waals surface area (Å²) in [4.78, 5) is 25.2. The third-order valence-electron chi connectivity index (χ3n) is 4.88. The highest BCUT2D eigenvalue weighted by Crippen LogP contribution is 2.28. The van der Waals surface area contributed by atoms with Gasteiger partial charge in [0.15, 0.2) is 0 Å². The fraction of sp³-hybridized carbons (Fsp3) is 0.320. The van der Waals surface area contributed by atoms with Crippen LogP contribution in [0.25, 0.3) is 11.3 Å². The van der Waals surface area contributed by atoms with Gasteiger partial charge < -0.3 is 15.4 Å². The first kappa shape index (κ1) is 24.5. The van der Waals surface area contributed by atoms with E-state index in [-0.39, 0.29) is 18.5 Å². The maximum atomic E-state index is 13.0. The van der Waals surface area contributed by atoms with Crippen molar-refractivity contribution in [1.29, 1.82) is 0 Å². The molecule has 1 unspecified atom stereocenters. The van der Waals surface area contributed by atoms with Crippen LogP contribution in [0.2, 0.25) is 0 Å². The van der Waals surface area contributed by atoms with Crippen molar-refractivity contribution in [3.8, 4) is 11.3 Å². The predicted molar refractivity (Wildman–Crippen MR) is 132 cm³/mol. The minimum Gasteiger partial charge on any atom is -0.444 e. The molecule has 0 aliphatic rings. The summed E-state index contributed by atoms with van der Waals surface area (Å²) in [5.74, 6) is -0.223. The molecule has 8 heteroatoms. The normalized spacial score (nSPS) is 12.2. The molecule has 174 valence electrons. The van der Waals surface area contributed by atoms with Crippen molar-refractivity contribution in [3.63, 3.8) is 0 Å². The predicted octanol–water partition coefficient (Wildman–Crippen LogP) is 4.72. The van der Waals surface area contributed by atoms with Gasteiger partial charge >= 0.3 is 6.09 Å². The van der Waals surface area contributed by atoms with Gasteiger partial charge in [0, 0.05) is 35.4 Å². The highest BCUT2D eigenvalue weighted by Gasteiger charge is 2.20. The number of halogens is 1. The van der Waals surface area contributed by atoms with Crippen molar-refractivity contribution >= 4 is 27.9 Å². The standard InChI is InChI=1S/C25H29BrN4O3/c1-25(2,3)33-24(32)27-16-19(14-17-8-6-5-7-9-17)29-23(31)18-10-11-20(21(26)15-18)22-12-13-28-30(22)4/h5-13,15,19H,14,16H2,1-4H3,(H,27,32)(H,29,31). The molecule has 7 nitrogen and oxygen atoms in total. The molecular formula is C25H29BrN4O3. The second kappa shape index (κ2) is 10.7. The molecule has 0 aliphatic carbocycles. The first-order valence-electron chi connectivity index (χ1n) is 10.7. The van der Waals surface area contributed by atoms with Crippen molar-refractivity contribution in [2.24, 2.45) is 7.05 Å². The molecular weight excluding hydrogens is 484 g/mol. The Labute approximate surface area is 202 Å². The number of amides is 2. The van der Waals surface area contributed by atoms with Crippen LogP contribution in [0.4, 0.5) is 4.79 Å². The fourth-order valence-corrected chi connectivity index (χ4v) is 3.95. The van der Waals surface area contributed by atoms with Crippen LogP contribution in [0.1, 0.15) is 36.7 Å². The molecule has 1 aromatic heterocycles. The molecule has 1 heterocycles. The smallest absolute Gasteiger partial charge is 0.407 e. The lowest BCUT2D eigenvalue weighted by molar-refractivity contribution is 0.0519. The second-order valence-electron chi connectivity index (χ2n) is 8.78. The van der Waals surface area contributed by atoms with Crippen molar-refractivity contribution in [2.45, 2.75) is 38.8 Å². The SMILES string of the molecule is Cn1nccc1-c1ccc(C(=O)NC(CNC(=O)OC(C)(C)C)Cc2ccccc2)cc1Br. The van der Waals surface area contributed by atoms with Crippen LogP contribution in [-0.2, 0) is 18.2 Å². The number of carbonyl (C=O) groups excluding carboxylic acids is 2. The van der Waals surface area contributed by atoms with E-state index in [0.29, 0.717) is 12.0 Å². The molecule has 0 saturated carbocycles. The molecule has 2 amide bonds. The van der Waals surface area contributed by atoms with Gasteiger partial charge in [-0.3, -0.25) is 9.48 Å². The molecule has 0 saturated heterocycles. The largest absolute Gasteiger partial charge is 0.444 e. The van der Waals surface area contributed by atoms with Crippen molar-refractivity contribution in [1.82, 2.24) is 20.4 Å². The first-order valence-corrected chi connectivity index (χ1v) is 11.5. The quantitative estimate of drug-likeness (QED) is 0.479. The number of ether oxygens (including phenoxy) is 1. The molecule has 3 rings (SSSR count). The third kappa shape index (κ3) is 7.18. The number of hydrogen-bond donors (Lipinski definition) is 2. The van der Waals surface area contributed by atoms with Gasteiger partial charge in [-0.1, -0.05) is 52.3 Å². The molecule has 0 spiro atoms. The number of benzene rings is 2. The van der Waals surface area contributed by atoms with E-state index in [2.05, 4.69) is 31.7 Å². The molecule has 0 bridgehead atoms. The molecule has 1 atom stereocenters. The lowest BCUT2D eigenvalue weighted by atomic mass is 10.0. The average Bonchev–Trinajstić information content (AvgIpc) is 3.17. The number of hydrogen-bond acceptors (Lipinski definition) is 4. The van der Waals surface area contributed by atoms with Crippen molar-refractivity contribution < 1.29 is 14.3 Å². The molecule has 0 fully saturated rings. The summed E-state index contributed by atoms with van der Waals surface area (Å²) in [6.45, 7) is 5.67. The molecule has 3 aromatic rings. The molecule has 0 radical (unpaired) electrons. The van der Waals surface area contributed by atoms with Crippen LogP contribution >= 0.6 is 15.9 Å². The van der Waals surface area contributed by atoms with E-state index in [1.54, 1.807) is 23.0 Å². The van der Waals surface area contributed by atoms with Gasteiger partial charge in [0.1, 0.15) is 5.60 Å². The van der Waals surface area contributed by atoms with Crippen molar-refractivity contribution in [2.75, 3.05) is 6.54 Å². The Kier molecular flexibility index (Phi) is 7.92. The number of rotatable bonds is 7. The minimum absolute atomic E-state index is 0.223. The number of nitrogens with zero attached hydrogens (tertiary/aromatic N) is 2. The van der Waals surface area contributed by atoms with E-state index in [4.69, 9.17) is 4.74 Å². The van der Waals surface area contributed by atoms with Gasteiger partial charge in [-0.25, -0.2) is 4.79 Å². The lowest BCUT2D eigenvalue weighted by Crippen LogP contribution is -2.46. The average molecular weight is 513 g/mol. The zero-order valence-electron chi connectivity index (χ0n) is 19.3. The number of carbonyl (C=O) groups is 2. The fourth-order valence-electron chi connectivity index (χ4n) is 3.36. The maximum Gasteiger partial charge on any atom is 0.407 e. The van der Waals surface area contributed by atoms with Crippen LogP contribution in [-0.4, -0.2) is 40.0 Å². The summed E-state index contributed by atoms with van der Waals surface area (Å²) in [5.41, 5.74) is 2.87. The molecule has 33 heavy (non-hydrogen) atoms. The van der Waals surface area contributed by atoms with Gasteiger partial charge in [0.05, 0.1) is 11.7 Å². The van der Waals surface area contributed by atoms with E-state index < -0.39 is 11.7 Å². The summed E-state index contributed by atoms with van der Waals surface area (Å²) in [5, 5.41) is 10.0. The van der Waals surface area contributed by atoms with Crippen LogP contribution in [0.15, 0.2) is 65.3 Å². The van der Waals surface area contributed by atoms with E-state index in [9.17, 15) is 9.59 Å². The minimum atomic E-state index is -0.593. The zero-order chi connectivity index (χ0) is 24.0. The first-order chi connectivity index (χ1) is 15.6. The summed E-state index contributed by atoms with van der Waals surface area (Å²) in [7, 11) is 1.87. The van der Waals surface area contributed by atoms with Gasteiger partial charge in [-0.05, 0) is 51.0 Å². The van der Waals surface area contributed by atoms with Crippen LogP contribution in [0.3, 0.4) is 0 Å². The molecule has 2 N–H and O–H groups in total.